The molecular formula is C24H22ClN3O3. The molecule has 0 amide bonds. The highest BCUT2D eigenvalue weighted by molar-refractivity contribution is 6.32. The van der Waals surface area contributed by atoms with Gasteiger partial charge in [0.15, 0.2) is 0 Å². The predicted octanol–water partition coefficient (Wildman–Crippen LogP) is 6.05. The summed E-state index contributed by atoms with van der Waals surface area (Å²) in [6.07, 6.45) is 8.83. The van der Waals surface area contributed by atoms with Gasteiger partial charge in [-0.1, -0.05) is 30.3 Å². The molecule has 2 heterocycles. The van der Waals surface area contributed by atoms with Crippen LogP contribution >= 0.6 is 11.6 Å². The molecule has 0 unspecified atom stereocenters. The van der Waals surface area contributed by atoms with E-state index in [-0.39, 0.29) is 11.6 Å². The van der Waals surface area contributed by atoms with Crippen molar-refractivity contribution in [2.24, 2.45) is 7.05 Å². The van der Waals surface area contributed by atoms with Crippen LogP contribution in [-0.4, -0.2) is 25.6 Å². The minimum atomic E-state index is -1.02. The number of rotatable bonds is 6. The molecule has 0 spiro atoms. The summed E-state index contributed by atoms with van der Waals surface area (Å²) in [5.41, 5.74) is 3.39. The number of nitrogens with zero attached hydrogens (tertiary/aromatic N) is 2. The van der Waals surface area contributed by atoms with Gasteiger partial charge in [0.2, 0.25) is 0 Å². The van der Waals surface area contributed by atoms with Gasteiger partial charge in [0.25, 0.3) is 6.01 Å². The molecule has 3 aromatic rings. The zero-order valence-corrected chi connectivity index (χ0v) is 17.9. The Balaban J connectivity index is 1.98. The highest BCUT2D eigenvalue weighted by atomic mass is 35.5. The average Bonchev–Trinajstić information content (AvgIpc) is 3.17. The van der Waals surface area contributed by atoms with Crippen LogP contribution in [-0.2, 0) is 7.05 Å². The van der Waals surface area contributed by atoms with E-state index in [1.807, 2.05) is 36.0 Å². The quantitative estimate of drug-likeness (QED) is 0.462. The number of nitrogens with one attached hydrogen (secondary N) is 1. The molecule has 2 N–H and O–H groups in total. The van der Waals surface area contributed by atoms with Crippen molar-refractivity contribution < 1.29 is 14.6 Å². The van der Waals surface area contributed by atoms with E-state index in [2.05, 4.69) is 16.5 Å². The van der Waals surface area contributed by atoms with Crippen LogP contribution < -0.4 is 4.74 Å². The van der Waals surface area contributed by atoms with Crippen LogP contribution in [0.25, 0.3) is 11.6 Å². The normalized spacial score (nSPS) is 11.0. The molecule has 0 saturated carbocycles. The van der Waals surface area contributed by atoms with Crippen LogP contribution in [0.2, 0.25) is 5.02 Å². The molecule has 2 aromatic heterocycles. The first-order chi connectivity index (χ1) is 14.9. The Hall–Kier alpha value is -3.77. The molecule has 6 nitrogen and oxygen atoms in total. The zero-order valence-electron chi connectivity index (χ0n) is 17.2. The molecule has 0 fully saturated rings. The van der Waals surface area contributed by atoms with Gasteiger partial charge < -0.3 is 19.4 Å². The topological polar surface area (TPSA) is 80.1 Å². The number of carboxylic acids is 1. The van der Waals surface area contributed by atoms with Gasteiger partial charge in [0.05, 0.1) is 5.56 Å². The minimum absolute atomic E-state index is 0.167. The smallest absolute Gasteiger partial charge is 0.336 e. The molecule has 158 valence electrons. The van der Waals surface area contributed by atoms with Crippen LogP contribution in [0, 0.1) is 6.92 Å². The number of aromatic nitrogens is 3. The second-order valence-electron chi connectivity index (χ2n) is 6.72. The highest BCUT2D eigenvalue weighted by Gasteiger charge is 2.09. The van der Waals surface area contributed by atoms with Crippen molar-refractivity contribution >= 4 is 29.2 Å². The van der Waals surface area contributed by atoms with Crippen molar-refractivity contribution in [3.05, 3.63) is 101 Å². The third-order valence-corrected chi connectivity index (χ3v) is 4.93. The lowest BCUT2D eigenvalue weighted by atomic mass is 10.1. The summed E-state index contributed by atoms with van der Waals surface area (Å²) >= 11 is 6.52. The van der Waals surface area contributed by atoms with E-state index in [4.69, 9.17) is 16.3 Å². The molecule has 0 saturated heterocycles. The molecular weight excluding hydrogens is 414 g/mol. The molecule has 0 atom stereocenters. The number of aryl methyl sites for hydroxylation is 2. The van der Waals surface area contributed by atoms with E-state index < -0.39 is 5.97 Å². The van der Waals surface area contributed by atoms with E-state index in [1.165, 1.54) is 6.07 Å². The molecule has 0 aliphatic carbocycles. The Kier molecular flexibility index (Phi) is 6.95. The van der Waals surface area contributed by atoms with Gasteiger partial charge in [-0.3, -0.25) is 0 Å². The molecule has 3 rings (SSSR count). The Morgan fingerprint density at radius 2 is 2.06 bits per heavy atom. The maximum Gasteiger partial charge on any atom is 0.336 e. The summed E-state index contributed by atoms with van der Waals surface area (Å²) < 4.78 is 7.72. The number of aromatic carboxylic acids is 1. The number of hydrogen-bond donors (Lipinski definition) is 2. The number of hydrogen-bond acceptors (Lipinski definition) is 3. The Morgan fingerprint density at radius 1 is 1.26 bits per heavy atom. The Bertz CT molecular complexity index is 1210. The molecule has 0 aliphatic heterocycles. The molecule has 7 heteroatoms. The number of carboxylic acid groups (broad SMARTS) is 1. The first kappa shape index (κ1) is 21.9. The fourth-order valence-corrected chi connectivity index (χ4v) is 3.13. The number of ether oxygens (including phenoxy) is 1. The predicted molar refractivity (Wildman–Crippen MR) is 123 cm³/mol. The van der Waals surface area contributed by atoms with E-state index >= 15 is 0 Å². The third-order valence-electron chi connectivity index (χ3n) is 4.60. The van der Waals surface area contributed by atoms with Crippen molar-refractivity contribution in [2.45, 2.75) is 6.92 Å². The lowest BCUT2D eigenvalue weighted by Gasteiger charge is -2.06. The molecule has 31 heavy (non-hydrogen) atoms. The van der Waals surface area contributed by atoms with Crippen molar-refractivity contribution in [3.8, 4) is 11.8 Å². The van der Waals surface area contributed by atoms with Gasteiger partial charge in [-0.05, 0) is 60.5 Å². The number of carbonyl (C=O) groups is 1. The van der Waals surface area contributed by atoms with Gasteiger partial charge in [-0.25, -0.2) is 9.78 Å². The molecule has 1 aromatic carbocycles. The number of allylic oxidation sites excluding steroid dienone is 2. The van der Waals surface area contributed by atoms with E-state index in [1.54, 1.807) is 49.7 Å². The maximum atomic E-state index is 11.4. The van der Waals surface area contributed by atoms with E-state index in [9.17, 15) is 9.90 Å². The van der Waals surface area contributed by atoms with Gasteiger partial charge >= 0.3 is 5.97 Å². The van der Waals surface area contributed by atoms with Crippen LogP contribution in [0.5, 0.6) is 11.8 Å². The summed E-state index contributed by atoms with van der Waals surface area (Å²) in [5.74, 6) is -0.667. The van der Waals surface area contributed by atoms with Crippen molar-refractivity contribution in [1.82, 2.24) is 14.5 Å². The second-order valence-corrected chi connectivity index (χ2v) is 7.13. The third kappa shape index (κ3) is 5.43. The monoisotopic (exact) mass is 435 g/mol. The fourth-order valence-electron chi connectivity index (χ4n) is 2.90. The lowest BCUT2D eigenvalue weighted by molar-refractivity contribution is 0.0695. The Morgan fingerprint density at radius 3 is 2.74 bits per heavy atom. The summed E-state index contributed by atoms with van der Waals surface area (Å²) in [5, 5.41) is 9.79. The number of aromatic amines is 1. The van der Waals surface area contributed by atoms with Crippen molar-refractivity contribution in [1.29, 1.82) is 0 Å². The van der Waals surface area contributed by atoms with Crippen LogP contribution in [0.3, 0.4) is 0 Å². The van der Waals surface area contributed by atoms with Gasteiger partial charge in [0.1, 0.15) is 5.75 Å². The maximum absolute atomic E-state index is 11.4. The van der Waals surface area contributed by atoms with E-state index in [0.29, 0.717) is 16.3 Å². The van der Waals surface area contributed by atoms with Gasteiger partial charge in [-0.2, -0.15) is 0 Å². The molecule has 0 radical (unpaired) electrons. The number of halogens is 1. The van der Waals surface area contributed by atoms with Crippen LogP contribution in [0.4, 0.5) is 0 Å². The largest absolute Gasteiger partial charge is 0.478 e. The van der Waals surface area contributed by atoms with Crippen molar-refractivity contribution in [3.63, 3.8) is 0 Å². The van der Waals surface area contributed by atoms with Gasteiger partial charge in [0, 0.05) is 41.9 Å². The van der Waals surface area contributed by atoms with E-state index in [0.717, 1.165) is 16.8 Å². The molecule has 0 bridgehead atoms. The first-order valence-electron chi connectivity index (χ1n) is 9.44. The average molecular weight is 436 g/mol. The summed E-state index contributed by atoms with van der Waals surface area (Å²) in [6.45, 7) is 5.63. The fraction of sp³-hybridized carbons (Fsp3) is 0.0833. The lowest BCUT2D eigenvalue weighted by Crippen LogP contribution is -2.00. The highest BCUT2D eigenvalue weighted by Crippen LogP contribution is 2.26. The number of benzene rings is 1. The number of H-pyrrole nitrogens is 1. The second kappa shape index (κ2) is 9.82. The summed E-state index contributed by atoms with van der Waals surface area (Å²) in [7, 11) is 1.96. The van der Waals surface area contributed by atoms with Crippen molar-refractivity contribution in [2.75, 3.05) is 0 Å². The first-order valence-corrected chi connectivity index (χ1v) is 9.81. The summed E-state index contributed by atoms with van der Waals surface area (Å²) in [6, 6.07) is 12.4. The SMILES string of the molecule is C=C/C(=C\c1cccn1C)c1ccnc(Oc2ccc(C)c(C(=O)O)c2)[nH]ccc1Cl. The van der Waals surface area contributed by atoms with Gasteiger partial charge in [-0.15, -0.1) is 0 Å². The Labute approximate surface area is 185 Å². The zero-order chi connectivity index (χ0) is 22.4. The summed E-state index contributed by atoms with van der Waals surface area (Å²) in [4.78, 5) is 18.6. The van der Waals surface area contributed by atoms with Crippen LogP contribution in [0.1, 0.15) is 27.2 Å². The van der Waals surface area contributed by atoms with Crippen LogP contribution in [0.15, 0.2) is 73.7 Å². The minimum Gasteiger partial charge on any atom is -0.478 e. The molecule has 0 aliphatic rings. The standard InChI is InChI=1S/C24H22ClN3O3/c1-4-17(14-18-6-5-13-28(18)3)20-9-11-26-24(27-12-10-22(20)25)31-19-8-7-16(2)21(15-19)23(29)30/h4-15H,1H2,2-3H3,(H,26,27)(H,29,30)/b11-9?,12-10?,17-14+,22-20?.